The van der Waals surface area contributed by atoms with Crippen LogP contribution in [0.2, 0.25) is 0 Å². The van der Waals surface area contributed by atoms with Crippen molar-refractivity contribution in [3.05, 3.63) is 34.5 Å². The molecule has 0 atom stereocenters. The van der Waals surface area contributed by atoms with Gasteiger partial charge in [0.1, 0.15) is 5.82 Å². The first kappa shape index (κ1) is 13.5. The highest BCUT2D eigenvalue weighted by Gasteiger charge is 2.21. The lowest BCUT2D eigenvalue weighted by Gasteiger charge is -2.23. The maximum absolute atomic E-state index is 13.8. The average Bonchev–Trinajstić information content (AvgIpc) is 2.79. The zero-order valence-corrected chi connectivity index (χ0v) is 12.1. The molecular weight excluding hydrogens is 275 g/mol. The fourth-order valence-corrected chi connectivity index (χ4v) is 3.81. The smallest absolute Gasteiger partial charge is 0.261 e. The highest BCUT2D eigenvalue weighted by Crippen LogP contribution is 2.32. The van der Waals surface area contributed by atoms with E-state index in [0.717, 1.165) is 36.2 Å². The molecule has 3 rings (SSSR count). The maximum atomic E-state index is 13.8. The fourth-order valence-electron chi connectivity index (χ4n) is 2.69. The van der Waals surface area contributed by atoms with Crippen LogP contribution in [-0.4, -0.2) is 25.0 Å². The predicted molar refractivity (Wildman–Crippen MR) is 79.9 cm³/mol. The van der Waals surface area contributed by atoms with Crippen LogP contribution in [0.3, 0.4) is 0 Å². The molecule has 3 nitrogen and oxygen atoms in total. The summed E-state index contributed by atoms with van der Waals surface area (Å²) < 4.78 is 14.7. The van der Waals surface area contributed by atoms with Crippen LogP contribution in [0.1, 0.15) is 28.1 Å². The Morgan fingerprint density at radius 1 is 1.40 bits per heavy atom. The van der Waals surface area contributed by atoms with Gasteiger partial charge in [0.2, 0.25) is 0 Å². The van der Waals surface area contributed by atoms with E-state index in [1.807, 2.05) is 13.0 Å². The second kappa shape index (κ2) is 5.50. The van der Waals surface area contributed by atoms with Crippen LogP contribution in [0, 0.1) is 12.7 Å². The van der Waals surface area contributed by atoms with Crippen LogP contribution in [0.5, 0.6) is 0 Å². The molecule has 0 bridgehead atoms. The fraction of sp³-hybridized carbons (Fsp3) is 0.400. The van der Waals surface area contributed by atoms with E-state index in [2.05, 4.69) is 10.6 Å². The van der Waals surface area contributed by atoms with Crippen LogP contribution in [-0.2, 0) is 0 Å². The summed E-state index contributed by atoms with van der Waals surface area (Å²) in [6.45, 7) is 3.69. The molecular formula is C15H17FN2OS. The Bertz CT molecular complexity index is 647. The van der Waals surface area contributed by atoms with Gasteiger partial charge in [0.15, 0.2) is 0 Å². The van der Waals surface area contributed by atoms with E-state index < -0.39 is 0 Å². The Kier molecular flexibility index (Phi) is 3.72. The third-order valence-electron chi connectivity index (χ3n) is 3.78. The molecule has 1 aliphatic rings. The number of benzene rings is 1. The van der Waals surface area contributed by atoms with Gasteiger partial charge in [0.25, 0.3) is 5.91 Å². The molecule has 106 valence electrons. The molecule has 2 aromatic rings. The minimum absolute atomic E-state index is 0.0741. The highest BCUT2D eigenvalue weighted by molar-refractivity contribution is 7.21. The summed E-state index contributed by atoms with van der Waals surface area (Å²) in [5.41, 5.74) is 0.745. The Hall–Kier alpha value is -1.46. The van der Waals surface area contributed by atoms with E-state index in [1.165, 1.54) is 17.4 Å². The largest absolute Gasteiger partial charge is 0.349 e. The molecule has 0 radical (unpaired) electrons. The van der Waals surface area contributed by atoms with Gasteiger partial charge in [-0.3, -0.25) is 4.79 Å². The van der Waals surface area contributed by atoms with Crippen molar-refractivity contribution in [3.63, 3.8) is 0 Å². The number of piperidine rings is 1. The van der Waals surface area contributed by atoms with Gasteiger partial charge < -0.3 is 10.6 Å². The van der Waals surface area contributed by atoms with E-state index in [0.29, 0.717) is 10.3 Å². The molecule has 1 aromatic carbocycles. The van der Waals surface area contributed by atoms with Gasteiger partial charge in [0, 0.05) is 16.1 Å². The first-order valence-electron chi connectivity index (χ1n) is 6.86. The molecule has 1 amide bonds. The Balaban J connectivity index is 1.87. The quantitative estimate of drug-likeness (QED) is 0.893. The van der Waals surface area contributed by atoms with Crippen molar-refractivity contribution in [3.8, 4) is 0 Å². The number of hydrogen-bond donors (Lipinski definition) is 2. The number of aryl methyl sites for hydroxylation is 1. The van der Waals surface area contributed by atoms with Gasteiger partial charge in [-0.2, -0.15) is 0 Å². The molecule has 5 heteroatoms. The minimum atomic E-state index is -0.253. The zero-order chi connectivity index (χ0) is 14.1. The van der Waals surface area contributed by atoms with E-state index in [-0.39, 0.29) is 17.8 Å². The molecule has 0 spiro atoms. The van der Waals surface area contributed by atoms with Gasteiger partial charge in [0.05, 0.1) is 4.88 Å². The summed E-state index contributed by atoms with van der Waals surface area (Å²) in [4.78, 5) is 13.0. The molecule has 1 aliphatic heterocycles. The molecule has 2 N–H and O–H groups in total. The topological polar surface area (TPSA) is 41.1 Å². The van der Waals surface area contributed by atoms with Crippen molar-refractivity contribution in [1.82, 2.24) is 10.6 Å². The van der Waals surface area contributed by atoms with Crippen LogP contribution in [0.15, 0.2) is 18.2 Å². The number of nitrogens with one attached hydrogen (secondary N) is 2. The van der Waals surface area contributed by atoms with Crippen molar-refractivity contribution >= 4 is 27.3 Å². The number of rotatable bonds is 2. The van der Waals surface area contributed by atoms with Crippen molar-refractivity contribution < 1.29 is 9.18 Å². The Morgan fingerprint density at radius 2 is 2.15 bits per heavy atom. The number of amides is 1. The third-order valence-corrected chi connectivity index (χ3v) is 5.04. The molecule has 20 heavy (non-hydrogen) atoms. The summed E-state index contributed by atoms with van der Waals surface area (Å²) in [5.74, 6) is -0.327. The lowest BCUT2D eigenvalue weighted by Crippen LogP contribution is -2.42. The predicted octanol–water partition coefficient (Wildman–Crippen LogP) is 2.83. The molecule has 0 unspecified atom stereocenters. The van der Waals surface area contributed by atoms with Crippen molar-refractivity contribution in [1.29, 1.82) is 0 Å². The molecule has 1 saturated heterocycles. The molecule has 0 aliphatic carbocycles. The van der Waals surface area contributed by atoms with Crippen LogP contribution < -0.4 is 10.6 Å². The highest BCUT2D eigenvalue weighted by atomic mass is 32.1. The van der Waals surface area contributed by atoms with Gasteiger partial charge >= 0.3 is 0 Å². The maximum Gasteiger partial charge on any atom is 0.261 e. The third kappa shape index (κ3) is 2.43. The van der Waals surface area contributed by atoms with Gasteiger partial charge in [-0.1, -0.05) is 6.07 Å². The molecule has 1 fully saturated rings. The first-order valence-corrected chi connectivity index (χ1v) is 7.67. The number of hydrogen-bond acceptors (Lipinski definition) is 3. The normalized spacial score (nSPS) is 16.5. The second-order valence-corrected chi connectivity index (χ2v) is 6.22. The van der Waals surface area contributed by atoms with Crippen molar-refractivity contribution in [2.45, 2.75) is 25.8 Å². The SMILES string of the molecule is Cc1c(C(=O)NC2CCNCC2)sc2cccc(F)c12. The Labute approximate surface area is 121 Å². The van der Waals surface area contributed by atoms with Gasteiger partial charge in [-0.25, -0.2) is 4.39 Å². The number of carbonyl (C=O) groups excluding carboxylic acids is 1. The van der Waals surface area contributed by atoms with Gasteiger partial charge in [-0.05, 0) is 50.6 Å². The van der Waals surface area contributed by atoms with Crippen LogP contribution in [0.25, 0.3) is 10.1 Å². The lowest BCUT2D eigenvalue weighted by atomic mass is 10.1. The summed E-state index contributed by atoms with van der Waals surface area (Å²) in [5, 5.41) is 6.91. The zero-order valence-electron chi connectivity index (χ0n) is 11.3. The van der Waals surface area contributed by atoms with Gasteiger partial charge in [-0.15, -0.1) is 11.3 Å². The van der Waals surface area contributed by atoms with E-state index >= 15 is 0 Å². The molecule has 1 aromatic heterocycles. The Morgan fingerprint density at radius 3 is 2.85 bits per heavy atom. The molecule has 2 heterocycles. The first-order chi connectivity index (χ1) is 9.66. The number of thiophene rings is 1. The summed E-state index contributed by atoms with van der Waals surface area (Å²) >= 11 is 1.37. The average molecular weight is 292 g/mol. The summed E-state index contributed by atoms with van der Waals surface area (Å²) in [7, 11) is 0. The monoisotopic (exact) mass is 292 g/mol. The summed E-state index contributed by atoms with van der Waals surface area (Å²) in [6, 6.07) is 5.20. The van der Waals surface area contributed by atoms with E-state index in [4.69, 9.17) is 0 Å². The minimum Gasteiger partial charge on any atom is -0.349 e. The molecule has 0 saturated carbocycles. The van der Waals surface area contributed by atoms with E-state index in [1.54, 1.807) is 6.07 Å². The standard InChI is InChI=1S/C15H17FN2OS/c1-9-13-11(16)3-2-4-12(13)20-14(9)15(19)18-10-5-7-17-8-6-10/h2-4,10,17H,5-8H2,1H3,(H,18,19). The van der Waals surface area contributed by atoms with Crippen molar-refractivity contribution in [2.24, 2.45) is 0 Å². The van der Waals surface area contributed by atoms with E-state index in [9.17, 15) is 9.18 Å². The number of carbonyl (C=O) groups is 1. The lowest BCUT2D eigenvalue weighted by molar-refractivity contribution is 0.0933. The van der Waals surface area contributed by atoms with Crippen LogP contribution >= 0.6 is 11.3 Å². The van der Waals surface area contributed by atoms with Crippen molar-refractivity contribution in [2.75, 3.05) is 13.1 Å². The summed E-state index contributed by atoms with van der Waals surface area (Å²) in [6.07, 6.45) is 1.90. The second-order valence-electron chi connectivity index (χ2n) is 5.17. The number of halogens is 1. The number of fused-ring (bicyclic) bond motifs is 1. The van der Waals surface area contributed by atoms with Crippen LogP contribution in [0.4, 0.5) is 4.39 Å².